The van der Waals surface area contributed by atoms with Gasteiger partial charge in [-0.2, -0.15) is 0 Å². The first kappa shape index (κ1) is 23.5. The molecule has 0 bridgehead atoms. The summed E-state index contributed by atoms with van der Waals surface area (Å²) >= 11 is 10.5. The third kappa shape index (κ3) is 5.07. The van der Waals surface area contributed by atoms with Gasteiger partial charge in [-0.3, -0.25) is 14.5 Å². The number of benzene rings is 3. The maximum atomic E-state index is 12.9. The van der Waals surface area contributed by atoms with Crippen LogP contribution >= 0.6 is 39.3 Å². The molecule has 176 valence electrons. The number of esters is 1. The molecule has 0 atom stereocenters. The van der Waals surface area contributed by atoms with Gasteiger partial charge >= 0.3 is 5.97 Å². The number of thioether (sulfide) groups is 1. The molecule has 0 saturated carbocycles. The molecule has 0 unspecified atom stereocenters. The fourth-order valence-electron chi connectivity index (χ4n) is 3.42. The Labute approximate surface area is 217 Å². The number of halogens is 2. The lowest BCUT2D eigenvalue weighted by Crippen LogP contribution is -2.27. The van der Waals surface area contributed by atoms with Crippen LogP contribution in [0.1, 0.15) is 21.5 Å². The molecule has 5 rings (SSSR count). The number of carbonyl (C=O) groups is 3. The summed E-state index contributed by atoms with van der Waals surface area (Å²) in [6.45, 7) is 0.115. The second-order valence-electron chi connectivity index (χ2n) is 7.53. The number of hydrogen-bond acceptors (Lipinski definition) is 7. The third-order valence-corrected chi connectivity index (χ3v) is 7.00. The molecule has 0 radical (unpaired) electrons. The maximum absolute atomic E-state index is 12.9. The number of imide groups is 1. The van der Waals surface area contributed by atoms with Crippen molar-refractivity contribution in [2.24, 2.45) is 0 Å². The van der Waals surface area contributed by atoms with Gasteiger partial charge in [0.05, 0.1) is 17.0 Å². The van der Waals surface area contributed by atoms with Crippen molar-refractivity contribution in [3.8, 4) is 17.2 Å². The van der Waals surface area contributed by atoms with Crippen LogP contribution < -0.4 is 14.2 Å². The van der Waals surface area contributed by atoms with E-state index in [-0.39, 0.29) is 18.2 Å². The van der Waals surface area contributed by atoms with Crippen LogP contribution in [0.4, 0.5) is 4.79 Å². The number of amides is 2. The van der Waals surface area contributed by atoms with Crippen LogP contribution in [0, 0.1) is 0 Å². The van der Waals surface area contributed by atoms with E-state index in [9.17, 15) is 14.4 Å². The van der Waals surface area contributed by atoms with E-state index >= 15 is 0 Å². The molecule has 0 aliphatic carbocycles. The van der Waals surface area contributed by atoms with Crippen LogP contribution in [0.2, 0.25) is 5.02 Å². The number of fused-ring (bicyclic) bond motifs is 1. The quantitative estimate of drug-likeness (QED) is 0.202. The first-order valence-electron chi connectivity index (χ1n) is 10.3. The second-order valence-corrected chi connectivity index (χ2v) is 9.85. The van der Waals surface area contributed by atoms with Crippen molar-refractivity contribution >= 4 is 62.5 Å². The number of nitrogens with zero attached hydrogens (tertiary/aromatic N) is 1. The van der Waals surface area contributed by atoms with E-state index in [0.717, 1.165) is 21.1 Å². The SMILES string of the molecule is O=C(Oc1ccc(/C=C2\SC(=O)N(Cc3cc4c(cc3Cl)OCO4)C2=O)cc1)c1ccc(Br)cc1. The molecule has 0 aromatic heterocycles. The lowest BCUT2D eigenvalue weighted by Gasteiger charge is -2.14. The monoisotopic (exact) mass is 571 g/mol. The summed E-state index contributed by atoms with van der Waals surface area (Å²) in [7, 11) is 0. The average Bonchev–Trinajstić information content (AvgIpc) is 3.40. The van der Waals surface area contributed by atoms with Crippen LogP contribution in [0.3, 0.4) is 0 Å². The van der Waals surface area contributed by atoms with Gasteiger partial charge in [-0.1, -0.05) is 39.7 Å². The highest BCUT2D eigenvalue weighted by Crippen LogP contribution is 2.39. The lowest BCUT2D eigenvalue weighted by molar-refractivity contribution is -0.123. The van der Waals surface area contributed by atoms with Crippen molar-refractivity contribution in [1.29, 1.82) is 0 Å². The Kier molecular flexibility index (Phi) is 6.55. The molecule has 2 heterocycles. The summed E-state index contributed by atoms with van der Waals surface area (Å²) in [6.07, 6.45) is 1.62. The Morgan fingerprint density at radius 3 is 2.46 bits per heavy atom. The van der Waals surface area contributed by atoms with Crippen LogP contribution in [0.25, 0.3) is 6.08 Å². The Hall–Kier alpha value is -3.27. The van der Waals surface area contributed by atoms with E-state index in [1.807, 2.05) is 0 Å². The molecule has 2 aliphatic heterocycles. The smallest absolute Gasteiger partial charge is 0.343 e. The van der Waals surface area contributed by atoms with E-state index in [2.05, 4.69) is 15.9 Å². The molecular formula is C25H15BrClNO6S. The molecule has 35 heavy (non-hydrogen) atoms. The summed E-state index contributed by atoms with van der Waals surface area (Å²) in [5, 5.41) is -0.0133. The topological polar surface area (TPSA) is 82.1 Å². The van der Waals surface area contributed by atoms with E-state index in [0.29, 0.717) is 39.0 Å². The fraction of sp³-hybridized carbons (Fsp3) is 0.0800. The normalized spacial score (nSPS) is 15.7. The van der Waals surface area contributed by atoms with Crippen molar-refractivity contribution in [2.75, 3.05) is 6.79 Å². The highest BCUT2D eigenvalue weighted by Gasteiger charge is 2.35. The van der Waals surface area contributed by atoms with Crippen LogP contribution in [-0.4, -0.2) is 28.8 Å². The molecule has 1 fully saturated rings. The number of hydrogen-bond donors (Lipinski definition) is 0. The van der Waals surface area contributed by atoms with Crippen molar-refractivity contribution in [2.45, 2.75) is 6.54 Å². The molecular weight excluding hydrogens is 558 g/mol. The number of rotatable bonds is 5. The van der Waals surface area contributed by atoms with Crippen LogP contribution in [-0.2, 0) is 11.3 Å². The Balaban J connectivity index is 1.27. The van der Waals surface area contributed by atoms with Gasteiger partial charge in [0.2, 0.25) is 6.79 Å². The van der Waals surface area contributed by atoms with Crippen molar-refractivity contribution < 1.29 is 28.6 Å². The Morgan fingerprint density at radius 2 is 1.74 bits per heavy atom. The van der Waals surface area contributed by atoms with E-state index in [1.165, 1.54) is 0 Å². The minimum Gasteiger partial charge on any atom is -0.454 e. The molecule has 0 spiro atoms. The summed E-state index contributed by atoms with van der Waals surface area (Å²) in [6, 6.07) is 16.8. The molecule has 3 aromatic rings. The van der Waals surface area contributed by atoms with Gasteiger partial charge in [-0.25, -0.2) is 4.79 Å². The number of carbonyl (C=O) groups excluding carboxylic acids is 3. The zero-order valence-corrected chi connectivity index (χ0v) is 21.0. The van der Waals surface area contributed by atoms with Gasteiger partial charge in [0.15, 0.2) is 11.5 Å². The minimum absolute atomic E-state index is 0.0163. The molecule has 1 saturated heterocycles. The first-order chi connectivity index (χ1) is 16.9. The van der Waals surface area contributed by atoms with Gasteiger partial charge in [0, 0.05) is 15.6 Å². The third-order valence-electron chi connectivity index (χ3n) is 5.21. The maximum Gasteiger partial charge on any atom is 0.343 e. The van der Waals surface area contributed by atoms with Crippen molar-refractivity contribution in [1.82, 2.24) is 4.90 Å². The summed E-state index contributed by atoms with van der Waals surface area (Å²) in [4.78, 5) is 39.1. The van der Waals surface area contributed by atoms with Gasteiger partial charge < -0.3 is 14.2 Å². The highest BCUT2D eigenvalue weighted by molar-refractivity contribution is 9.10. The van der Waals surface area contributed by atoms with Gasteiger partial charge in [0.1, 0.15) is 5.75 Å². The Bertz CT molecular complexity index is 1370. The van der Waals surface area contributed by atoms with Gasteiger partial charge in [-0.15, -0.1) is 0 Å². The largest absolute Gasteiger partial charge is 0.454 e. The Morgan fingerprint density at radius 1 is 1.06 bits per heavy atom. The summed E-state index contributed by atoms with van der Waals surface area (Å²) in [5.74, 6) is 0.514. The van der Waals surface area contributed by atoms with Crippen molar-refractivity contribution in [3.63, 3.8) is 0 Å². The zero-order valence-electron chi connectivity index (χ0n) is 17.8. The zero-order chi connectivity index (χ0) is 24.5. The van der Waals surface area contributed by atoms with E-state index in [4.69, 9.17) is 25.8 Å². The van der Waals surface area contributed by atoms with Gasteiger partial charge in [0.25, 0.3) is 11.1 Å². The van der Waals surface area contributed by atoms with E-state index < -0.39 is 17.1 Å². The first-order valence-corrected chi connectivity index (χ1v) is 12.3. The summed E-state index contributed by atoms with van der Waals surface area (Å²) in [5.41, 5.74) is 1.69. The second kappa shape index (κ2) is 9.77. The van der Waals surface area contributed by atoms with Crippen molar-refractivity contribution in [3.05, 3.63) is 91.8 Å². The van der Waals surface area contributed by atoms with E-state index in [1.54, 1.807) is 66.7 Å². The molecule has 10 heteroatoms. The van der Waals surface area contributed by atoms with Crippen LogP contribution in [0.5, 0.6) is 17.2 Å². The average molecular weight is 573 g/mol. The standard InChI is InChI=1S/C25H15BrClNO6S/c26-17-5-3-15(4-6-17)24(30)34-18-7-1-14(2-8-18)9-22-23(29)28(25(31)35-22)12-16-10-20-21(11-19(16)27)33-13-32-20/h1-11H,12-13H2/b22-9-. The minimum atomic E-state index is -0.478. The fourth-order valence-corrected chi connectivity index (χ4v) is 4.74. The molecule has 3 aromatic carbocycles. The lowest BCUT2D eigenvalue weighted by atomic mass is 10.1. The predicted molar refractivity (Wildman–Crippen MR) is 135 cm³/mol. The van der Waals surface area contributed by atoms with Gasteiger partial charge in [-0.05, 0) is 71.4 Å². The number of ether oxygens (including phenoxy) is 3. The summed E-state index contributed by atoms with van der Waals surface area (Å²) < 4.78 is 16.9. The molecule has 2 aliphatic rings. The van der Waals surface area contributed by atoms with Crippen LogP contribution in [0.15, 0.2) is 70.0 Å². The molecule has 7 nitrogen and oxygen atoms in total. The predicted octanol–water partition coefficient (Wildman–Crippen LogP) is 6.29. The molecule has 0 N–H and O–H groups in total. The molecule has 2 amide bonds. The highest BCUT2D eigenvalue weighted by atomic mass is 79.9.